The summed E-state index contributed by atoms with van der Waals surface area (Å²) in [6.45, 7) is 7.89. The Morgan fingerprint density at radius 1 is 1.07 bits per heavy atom. The van der Waals surface area contributed by atoms with E-state index >= 15 is 0 Å². The van der Waals surface area contributed by atoms with Gasteiger partial charge >= 0.3 is 0 Å². The maximum atomic E-state index is 11.4. The van der Waals surface area contributed by atoms with Crippen LogP contribution in [0, 0.1) is 0 Å². The highest BCUT2D eigenvalue weighted by Gasteiger charge is 2.06. The van der Waals surface area contributed by atoms with Gasteiger partial charge in [-0.2, -0.15) is 0 Å². The molecule has 1 aromatic carbocycles. The summed E-state index contributed by atoms with van der Waals surface area (Å²) in [5, 5.41) is 0. The molecule has 0 N–H and O–H groups in total. The fraction of sp³-hybridized carbons (Fsp3) is 0.500. The van der Waals surface area contributed by atoms with Gasteiger partial charge in [-0.05, 0) is 18.9 Å². The van der Waals surface area contributed by atoms with E-state index in [0.717, 1.165) is 0 Å². The first-order chi connectivity index (χ1) is 6.49. The molecule has 14 heavy (non-hydrogen) atoms. The summed E-state index contributed by atoms with van der Waals surface area (Å²) >= 11 is 0. The predicted octanol–water partition coefficient (Wildman–Crippen LogP) is 4.23. The minimum absolute atomic E-state index is 0.716. The maximum absolute atomic E-state index is 11.4. The molecule has 0 saturated heterocycles. The van der Waals surface area contributed by atoms with E-state index in [1.54, 1.807) is 0 Å². The second-order valence-corrected chi connectivity index (χ2v) is 7.39. The Kier molecular flexibility index (Phi) is 6.57. The molecular formula is C12H21OP. The van der Waals surface area contributed by atoms with Gasteiger partial charge in [0.2, 0.25) is 0 Å². The van der Waals surface area contributed by atoms with E-state index in [1.165, 1.54) is 12.0 Å². The third-order valence-electron chi connectivity index (χ3n) is 1.41. The van der Waals surface area contributed by atoms with Gasteiger partial charge in [0.1, 0.15) is 0 Å². The van der Waals surface area contributed by atoms with Crippen LogP contribution >= 0.6 is 7.14 Å². The molecule has 0 aliphatic rings. The Hall–Kier alpha value is -0.550. The topological polar surface area (TPSA) is 17.1 Å². The molecule has 0 spiro atoms. The van der Waals surface area contributed by atoms with E-state index in [1.807, 2.05) is 43.7 Å². The minimum Gasteiger partial charge on any atom is -0.324 e. The lowest BCUT2D eigenvalue weighted by Gasteiger charge is -2.04. The number of hydrogen-bond acceptors (Lipinski definition) is 1. The lowest BCUT2D eigenvalue weighted by atomic mass is 10.2. The van der Waals surface area contributed by atoms with Gasteiger partial charge in [-0.15, -0.1) is 0 Å². The fourth-order valence-corrected chi connectivity index (χ4v) is 2.11. The van der Waals surface area contributed by atoms with E-state index in [9.17, 15) is 4.57 Å². The van der Waals surface area contributed by atoms with E-state index < -0.39 is 7.14 Å². The van der Waals surface area contributed by atoms with Crippen molar-refractivity contribution in [2.45, 2.75) is 26.4 Å². The van der Waals surface area contributed by atoms with Gasteiger partial charge in [0.15, 0.2) is 0 Å². The second kappa shape index (κ2) is 6.84. The van der Waals surface area contributed by atoms with Crippen molar-refractivity contribution < 1.29 is 4.57 Å². The van der Waals surface area contributed by atoms with Gasteiger partial charge in [-0.3, -0.25) is 0 Å². The SMILES string of the molecule is CCC.CP(C)(=O)Cc1ccccc1. The largest absolute Gasteiger partial charge is 0.324 e. The maximum Gasteiger partial charge on any atom is 0.0861 e. The van der Waals surface area contributed by atoms with Crippen LogP contribution in [-0.4, -0.2) is 13.3 Å². The predicted molar refractivity (Wildman–Crippen MR) is 65.6 cm³/mol. The summed E-state index contributed by atoms with van der Waals surface area (Å²) < 4.78 is 11.4. The van der Waals surface area contributed by atoms with Crippen LogP contribution in [0.5, 0.6) is 0 Å². The summed E-state index contributed by atoms with van der Waals surface area (Å²) in [7, 11) is -1.89. The molecule has 0 aliphatic heterocycles. The lowest BCUT2D eigenvalue weighted by molar-refractivity contribution is 0.582. The van der Waals surface area contributed by atoms with Crippen molar-refractivity contribution in [1.82, 2.24) is 0 Å². The summed E-state index contributed by atoms with van der Waals surface area (Å²) in [6.07, 6.45) is 1.97. The molecule has 1 aromatic rings. The summed E-state index contributed by atoms with van der Waals surface area (Å²) in [4.78, 5) is 0. The highest BCUT2D eigenvalue weighted by Crippen LogP contribution is 2.39. The van der Waals surface area contributed by atoms with Gasteiger partial charge in [0.05, 0.1) is 7.14 Å². The van der Waals surface area contributed by atoms with Gasteiger partial charge in [0, 0.05) is 6.16 Å². The zero-order valence-electron chi connectivity index (χ0n) is 9.66. The van der Waals surface area contributed by atoms with E-state index in [2.05, 4.69) is 13.8 Å². The van der Waals surface area contributed by atoms with Crippen molar-refractivity contribution in [3.63, 3.8) is 0 Å². The third kappa shape index (κ3) is 8.07. The Balaban J connectivity index is 0.000000500. The average molecular weight is 212 g/mol. The minimum atomic E-state index is -1.89. The van der Waals surface area contributed by atoms with Crippen LogP contribution in [0.15, 0.2) is 30.3 Å². The smallest absolute Gasteiger partial charge is 0.0861 e. The normalized spacial score (nSPS) is 10.3. The Bertz CT molecular complexity index is 274. The number of rotatable bonds is 2. The van der Waals surface area contributed by atoms with Crippen LogP contribution in [-0.2, 0) is 10.7 Å². The fourth-order valence-electron chi connectivity index (χ4n) is 1.02. The highest BCUT2D eigenvalue weighted by atomic mass is 31.2. The summed E-state index contributed by atoms with van der Waals surface area (Å²) in [5.74, 6) is 0. The van der Waals surface area contributed by atoms with Crippen LogP contribution in [0.25, 0.3) is 0 Å². The molecule has 80 valence electrons. The quantitative estimate of drug-likeness (QED) is 0.670. The molecule has 0 aliphatic carbocycles. The van der Waals surface area contributed by atoms with E-state index in [-0.39, 0.29) is 0 Å². The average Bonchev–Trinajstić information content (AvgIpc) is 2.04. The summed E-state index contributed by atoms with van der Waals surface area (Å²) in [5.41, 5.74) is 1.17. The van der Waals surface area contributed by atoms with Crippen molar-refractivity contribution >= 4 is 7.14 Å². The first-order valence-corrected chi connectivity index (χ1v) is 7.86. The van der Waals surface area contributed by atoms with E-state index in [0.29, 0.717) is 6.16 Å². The molecular weight excluding hydrogens is 191 g/mol. The van der Waals surface area contributed by atoms with Crippen molar-refractivity contribution in [3.05, 3.63) is 35.9 Å². The zero-order valence-corrected chi connectivity index (χ0v) is 10.6. The molecule has 0 heterocycles. The van der Waals surface area contributed by atoms with Crippen molar-refractivity contribution in [2.75, 3.05) is 13.3 Å². The first kappa shape index (κ1) is 13.4. The molecule has 1 nitrogen and oxygen atoms in total. The Morgan fingerprint density at radius 2 is 1.50 bits per heavy atom. The molecule has 0 atom stereocenters. The molecule has 0 saturated carbocycles. The Labute approximate surface area is 87.9 Å². The Morgan fingerprint density at radius 3 is 1.86 bits per heavy atom. The summed E-state index contributed by atoms with van der Waals surface area (Å²) in [6, 6.07) is 9.95. The first-order valence-electron chi connectivity index (χ1n) is 5.07. The van der Waals surface area contributed by atoms with Gasteiger partial charge in [-0.25, -0.2) is 0 Å². The van der Waals surface area contributed by atoms with Crippen molar-refractivity contribution in [2.24, 2.45) is 0 Å². The van der Waals surface area contributed by atoms with E-state index in [4.69, 9.17) is 0 Å². The molecule has 0 bridgehead atoms. The lowest BCUT2D eigenvalue weighted by Crippen LogP contribution is -1.83. The van der Waals surface area contributed by atoms with Gasteiger partial charge in [0.25, 0.3) is 0 Å². The molecule has 0 aromatic heterocycles. The molecule has 0 unspecified atom stereocenters. The van der Waals surface area contributed by atoms with Gasteiger partial charge < -0.3 is 4.57 Å². The standard InChI is InChI=1S/C9H13OP.C3H8/c1-11(2,10)8-9-6-4-3-5-7-9;1-3-2/h3-7H,8H2,1-2H3;3H2,1-2H3. The molecule has 1 rings (SSSR count). The molecule has 0 amide bonds. The third-order valence-corrected chi connectivity index (χ3v) is 2.53. The second-order valence-electron chi connectivity index (χ2n) is 3.92. The van der Waals surface area contributed by atoms with Crippen LogP contribution < -0.4 is 0 Å². The highest BCUT2D eigenvalue weighted by molar-refractivity contribution is 7.61. The van der Waals surface area contributed by atoms with Crippen LogP contribution in [0.2, 0.25) is 0 Å². The van der Waals surface area contributed by atoms with Crippen molar-refractivity contribution in [3.8, 4) is 0 Å². The van der Waals surface area contributed by atoms with Gasteiger partial charge in [-0.1, -0.05) is 50.6 Å². The number of hydrogen-bond donors (Lipinski definition) is 0. The zero-order chi connectivity index (χ0) is 11.0. The van der Waals surface area contributed by atoms with Crippen LogP contribution in [0.4, 0.5) is 0 Å². The number of benzene rings is 1. The molecule has 0 fully saturated rings. The van der Waals surface area contributed by atoms with Crippen molar-refractivity contribution in [1.29, 1.82) is 0 Å². The monoisotopic (exact) mass is 212 g/mol. The van der Waals surface area contributed by atoms with Crippen LogP contribution in [0.1, 0.15) is 25.8 Å². The molecule has 2 heteroatoms. The van der Waals surface area contributed by atoms with Crippen LogP contribution in [0.3, 0.4) is 0 Å². The molecule has 0 radical (unpaired) electrons.